The van der Waals surface area contributed by atoms with Gasteiger partial charge in [-0.05, 0) is 51.4 Å². The van der Waals surface area contributed by atoms with Crippen LogP contribution in [0.1, 0.15) is 213 Å². The maximum Gasteiger partial charge on any atom is 0.306 e. The van der Waals surface area contributed by atoms with Crippen LogP contribution in [0.15, 0.2) is 36.5 Å². The number of unbranched alkanes of at least 4 members (excludes halogenated alkanes) is 24. The van der Waals surface area contributed by atoms with Crippen LogP contribution < -0.4 is 4.89 Å². The summed E-state index contributed by atoms with van der Waals surface area (Å²) in [5, 5.41) is 0. The number of esters is 2. The van der Waals surface area contributed by atoms with Gasteiger partial charge in [-0.25, -0.2) is 0 Å². The van der Waals surface area contributed by atoms with E-state index in [-0.39, 0.29) is 32.0 Å². The van der Waals surface area contributed by atoms with E-state index < -0.39 is 26.5 Å². The van der Waals surface area contributed by atoms with E-state index >= 15 is 0 Å². The smallest absolute Gasteiger partial charge is 0.306 e. The number of nitrogens with zero attached hydrogens (tertiary/aromatic N) is 1. The molecule has 0 fully saturated rings. The summed E-state index contributed by atoms with van der Waals surface area (Å²) in [7, 11) is 1.16. The van der Waals surface area contributed by atoms with Crippen molar-refractivity contribution in [3.63, 3.8) is 0 Å². The van der Waals surface area contributed by atoms with Crippen molar-refractivity contribution in [1.82, 2.24) is 0 Å². The van der Waals surface area contributed by atoms with Gasteiger partial charge >= 0.3 is 11.9 Å². The van der Waals surface area contributed by atoms with Gasteiger partial charge in [0.2, 0.25) is 0 Å². The quantitative estimate of drug-likeness (QED) is 0.0196. The van der Waals surface area contributed by atoms with Gasteiger partial charge in [0, 0.05) is 12.8 Å². The second kappa shape index (κ2) is 41.6. The number of phosphoric ester groups is 1. The highest BCUT2D eigenvalue weighted by Gasteiger charge is 2.21. The predicted molar refractivity (Wildman–Crippen MR) is 245 cm³/mol. The van der Waals surface area contributed by atoms with Crippen LogP contribution in [0, 0.1) is 0 Å². The topological polar surface area (TPSA) is 111 Å². The molecule has 2 atom stereocenters. The molecule has 0 heterocycles. The molecule has 0 rings (SSSR count). The van der Waals surface area contributed by atoms with Gasteiger partial charge in [0.05, 0.1) is 27.7 Å². The lowest BCUT2D eigenvalue weighted by molar-refractivity contribution is -0.870. The number of likely N-dealkylation sites (N-methyl/N-ethyl adjacent to an activating group) is 1. The molecular weight excluding hydrogens is 762 g/mol. The van der Waals surface area contributed by atoms with Crippen molar-refractivity contribution in [2.24, 2.45) is 0 Å². The molecule has 0 saturated carbocycles. The number of allylic oxidation sites excluding steroid dienone is 6. The van der Waals surface area contributed by atoms with Gasteiger partial charge < -0.3 is 27.9 Å². The number of quaternary nitrogens is 1. The molecule has 0 spiro atoms. The summed E-state index contributed by atoms with van der Waals surface area (Å²) in [5.74, 6) is -0.842. The van der Waals surface area contributed by atoms with Crippen molar-refractivity contribution in [3.05, 3.63) is 36.5 Å². The normalized spacial score (nSPS) is 13.8. The highest BCUT2D eigenvalue weighted by Crippen LogP contribution is 2.38. The summed E-state index contributed by atoms with van der Waals surface area (Å²) < 4.78 is 34.0. The summed E-state index contributed by atoms with van der Waals surface area (Å²) in [4.78, 5) is 37.6. The number of hydrogen-bond donors (Lipinski definition) is 0. The summed E-state index contributed by atoms with van der Waals surface area (Å²) in [6.45, 7) is 4.21. The maximum atomic E-state index is 12.7. The van der Waals surface area contributed by atoms with Crippen molar-refractivity contribution in [2.75, 3.05) is 47.5 Å². The fraction of sp³-hybridized carbons (Fsp3) is 0.837. The second-order valence-electron chi connectivity index (χ2n) is 17.5. The van der Waals surface area contributed by atoms with E-state index in [0.717, 1.165) is 70.6 Å². The molecule has 0 aliphatic carbocycles. The molecule has 2 unspecified atom stereocenters. The van der Waals surface area contributed by atoms with Crippen LogP contribution in [0.5, 0.6) is 0 Å². The third kappa shape index (κ3) is 45.6. The summed E-state index contributed by atoms with van der Waals surface area (Å²) in [5.41, 5.74) is 0. The van der Waals surface area contributed by atoms with Crippen molar-refractivity contribution < 1.29 is 42.1 Å². The first-order valence-electron chi connectivity index (χ1n) is 24.2. The average molecular weight is 854 g/mol. The van der Waals surface area contributed by atoms with Gasteiger partial charge in [-0.2, -0.15) is 0 Å². The van der Waals surface area contributed by atoms with Crippen LogP contribution in [0.3, 0.4) is 0 Å². The average Bonchev–Trinajstić information content (AvgIpc) is 3.19. The van der Waals surface area contributed by atoms with Crippen molar-refractivity contribution in [3.8, 4) is 0 Å². The van der Waals surface area contributed by atoms with Crippen LogP contribution in [-0.2, 0) is 32.7 Å². The minimum Gasteiger partial charge on any atom is -0.756 e. The lowest BCUT2D eigenvalue weighted by Crippen LogP contribution is -2.37. The molecule has 346 valence electrons. The zero-order valence-electron chi connectivity index (χ0n) is 39.0. The SMILES string of the molecule is CCCCC/C=C\C/C=C\C/C=C\CCCCCCCCC(=O)OC(COC(=O)CCCCCCCCCCCCCCCCCC)COP(=O)([O-])OCC[N+](C)(C)C. The van der Waals surface area contributed by atoms with Crippen LogP contribution in [0.4, 0.5) is 0 Å². The number of ether oxygens (including phenoxy) is 2. The van der Waals surface area contributed by atoms with E-state index in [2.05, 4.69) is 50.3 Å². The number of rotatable bonds is 44. The fourth-order valence-corrected chi connectivity index (χ4v) is 7.33. The molecular formula is C49H92NO8P. The molecule has 0 radical (unpaired) electrons. The van der Waals surface area contributed by atoms with Crippen molar-refractivity contribution in [1.29, 1.82) is 0 Å². The van der Waals surface area contributed by atoms with Gasteiger partial charge in [-0.3, -0.25) is 14.2 Å². The van der Waals surface area contributed by atoms with Crippen LogP contribution in [0.25, 0.3) is 0 Å². The minimum atomic E-state index is -4.63. The van der Waals surface area contributed by atoms with E-state index in [9.17, 15) is 19.0 Å². The van der Waals surface area contributed by atoms with Crippen LogP contribution in [-0.4, -0.2) is 70.0 Å². The van der Waals surface area contributed by atoms with Gasteiger partial charge in [0.1, 0.15) is 19.8 Å². The first-order chi connectivity index (χ1) is 28.5. The van der Waals surface area contributed by atoms with Crippen LogP contribution in [0.2, 0.25) is 0 Å². The van der Waals surface area contributed by atoms with Gasteiger partial charge in [-0.1, -0.05) is 185 Å². The molecule has 0 aliphatic heterocycles. The standard InChI is InChI=1S/C49H92NO8P/c1-6-8-10-12-14-16-18-20-22-24-25-26-28-30-32-34-36-38-40-42-49(52)58-47(46-57-59(53,54)56-44-43-50(3,4)5)45-55-48(51)41-39-37-35-33-31-29-27-23-21-19-17-15-13-11-9-7-2/h14,16,20,22,25-26,47H,6-13,15,17-19,21,23-24,27-46H2,1-5H3/b16-14-,22-20-,26-25-. The third-order valence-corrected chi connectivity index (χ3v) is 11.4. The fourth-order valence-electron chi connectivity index (χ4n) is 6.60. The Hall–Kier alpha value is -1.77. The molecule has 0 N–H and O–H groups in total. The molecule has 0 bridgehead atoms. The van der Waals surface area contributed by atoms with E-state index in [1.54, 1.807) is 0 Å². The molecule has 0 aromatic rings. The van der Waals surface area contributed by atoms with Gasteiger partial charge in [-0.15, -0.1) is 0 Å². The van der Waals surface area contributed by atoms with Crippen LogP contribution >= 0.6 is 7.82 Å². The van der Waals surface area contributed by atoms with Gasteiger partial charge in [0.15, 0.2) is 6.10 Å². The molecule has 0 aromatic heterocycles. The lowest BCUT2D eigenvalue weighted by atomic mass is 10.0. The Morgan fingerprint density at radius 2 is 0.915 bits per heavy atom. The second-order valence-corrected chi connectivity index (χ2v) is 18.9. The molecule has 0 aliphatic rings. The Bertz CT molecular complexity index is 1100. The Morgan fingerprint density at radius 3 is 1.39 bits per heavy atom. The summed E-state index contributed by atoms with van der Waals surface area (Å²) in [6.07, 6.45) is 47.3. The van der Waals surface area contributed by atoms with Gasteiger partial charge in [0.25, 0.3) is 7.82 Å². The van der Waals surface area contributed by atoms with E-state index in [0.29, 0.717) is 17.4 Å². The number of carbonyl (C=O) groups is 2. The van der Waals surface area contributed by atoms with Crippen molar-refractivity contribution in [2.45, 2.75) is 219 Å². The molecule has 9 nitrogen and oxygen atoms in total. The lowest BCUT2D eigenvalue weighted by Gasteiger charge is -2.28. The van der Waals surface area contributed by atoms with E-state index in [1.807, 2.05) is 21.1 Å². The summed E-state index contributed by atoms with van der Waals surface area (Å²) >= 11 is 0. The monoisotopic (exact) mass is 854 g/mol. The van der Waals surface area contributed by atoms with E-state index in [1.165, 1.54) is 109 Å². The predicted octanol–water partition coefficient (Wildman–Crippen LogP) is 13.5. The maximum absolute atomic E-state index is 12.7. The molecule has 0 saturated heterocycles. The van der Waals surface area contributed by atoms with E-state index in [4.69, 9.17) is 18.5 Å². The highest BCUT2D eigenvalue weighted by molar-refractivity contribution is 7.45. The molecule has 0 aromatic carbocycles. The number of hydrogen-bond acceptors (Lipinski definition) is 8. The first kappa shape index (κ1) is 57.2. The Morgan fingerprint density at radius 1 is 0.525 bits per heavy atom. The van der Waals surface area contributed by atoms with Crippen molar-refractivity contribution >= 4 is 19.8 Å². The zero-order valence-corrected chi connectivity index (χ0v) is 39.8. The highest BCUT2D eigenvalue weighted by atomic mass is 31.2. The number of carbonyl (C=O) groups excluding carboxylic acids is 2. The Labute approximate surface area is 363 Å². The minimum absolute atomic E-state index is 0.0328. The molecule has 0 amide bonds. The zero-order chi connectivity index (χ0) is 43.6. The molecule has 10 heteroatoms. The Kier molecular flexibility index (Phi) is 40.3. The number of phosphoric acid groups is 1. The Balaban J connectivity index is 4.31. The molecule has 59 heavy (non-hydrogen) atoms. The summed E-state index contributed by atoms with van der Waals surface area (Å²) in [6, 6.07) is 0. The first-order valence-corrected chi connectivity index (χ1v) is 25.7. The largest absolute Gasteiger partial charge is 0.756 e. The third-order valence-electron chi connectivity index (χ3n) is 10.4.